The van der Waals surface area contributed by atoms with E-state index in [9.17, 15) is 4.79 Å². The van der Waals surface area contributed by atoms with Crippen molar-refractivity contribution in [2.45, 2.75) is 0 Å². The summed E-state index contributed by atoms with van der Waals surface area (Å²) in [4.78, 5) is 10.7. The van der Waals surface area contributed by atoms with Gasteiger partial charge in [-0.05, 0) is 6.08 Å². The van der Waals surface area contributed by atoms with Crippen LogP contribution in [0, 0.1) is 0 Å². The highest BCUT2D eigenvalue weighted by Crippen LogP contribution is 1.89. The van der Waals surface area contributed by atoms with E-state index in [-0.39, 0.29) is 5.78 Å². The molecule has 0 rings (SSSR count). The minimum absolute atomic E-state index is 0.0717. The van der Waals surface area contributed by atoms with Crippen molar-refractivity contribution in [2.24, 2.45) is 0 Å². The van der Waals surface area contributed by atoms with Gasteiger partial charge in [0.05, 0.1) is 0 Å². The lowest BCUT2D eigenvalue weighted by atomic mass is 10.4. The van der Waals surface area contributed by atoms with Crippen molar-refractivity contribution in [3.05, 3.63) is 24.4 Å². The van der Waals surface area contributed by atoms with Crippen LogP contribution >= 0.6 is 0 Å². The standard InChI is InChI=1S/C5H10O2Si2/c1-3-5(6)4(2)9-7-8/h3H,1-2,9H2,8H3. The molecule has 0 saturated carbocycles. The van der Waals surface area contributed by atoms with Gasteiger partial charge in [-0.15, -0.1) is 0 Å². The van der Waals surface area contributed by atoms with E-state index in [1.165, 1.54) is 6.08 Å². The molecule has 0 aromatic heterocycles. The summed E-state index contributed by atoms with van der Waals surface area (Å²) in [6, 6.07) is 0. The maximum absolute atomic E-state index is 10.7. The molecule has 0 saturated heterocycles. The molecular formula is C5H10O2Si2. The molecule has 2 nitrogen and oxygen atoms in total. The molecule has 0 aromatic carbocycles. The number of rotatable bonds is 4. The predicted octanol–water partition coefficient (Wildman–Crippen LogP) is -1.36. The number of ketones is 1. The van der Waals surface area contributed by atoms with Crippen molar-refractivity contribution in [1.29, 1.82) is 0 Å². The second-order valence-corrected chi connectivity index (χ2v) is 5.06. The quantitative estimate of drug-likeness (QED) is 0.373. The van der Waals surface area contributed by atoms with E-state index < -0.39 is 9.76 Å². The topological polar surface area (TPSA) is 26.3 Å². The summed E-state index contributed by atoms with van der Waals surface area (Å²) >= 11 is 0. The highest BCUT2D eigenvalue weighted by Gasteiger charge is 1.99. The van der Waals surface area contributed by atoms with E-state index in [0.29, 0.717) is 15.7 Å². The van der Waals surface area contributed by atoms with Gasteiger partial charge in [0.2, 0.25) is 0 Å². The first kappa shape index (κ1) is 8.54. The number of carbonyl (C=O) groups is 1. The van der Waals surface area contributed by atoms with Gasteiger partial charge >= 0.3 is 0 Å². The zero-order chi connectivity index (χ0) is 7.28. The van der Waals surface area contributed by atoms with Crippen molar-refractivity contribution < 1.29 is 8.91 Å². The summed E-state index contributed by atoms with van der Waals surface area (Å²) in [7, 11) is -0.0663. The van der Waals surface area contributed by atoms with Gasteiger partial charge in [0.25, 0.3) is 0 Å². The molecule has 0 heterocycles. The van der Waals surface area contributed by atoms with Crippen LogP contribution in [0.25, 0.3) is 0 Å². The van der Waals surface area contributed by atoms with Gasteiger partial charge in [-0.2, -0.15) is 0 Å². The van der Waals surface area contributed by atoms with Crippen molar-refractivity contribution in [3.63, 3.8) is 0 Å². The first-order valence-electron chi connectivity index (χ1n) is 2.56. The summed E-state index contributed by atoms with van der Waals surface area (Å²) in [6.07, 6.45) is 1.27. The van der Waals surface area contributed by atoms with Gasteiger partial charge in [0, 0.05) is 5.20 Å². The average molecular weight is 158 g/mol. The molecule has 50 valence electrons. The molecule has 0 bridgehead atoms. The van der Waals surface area contributed by atoms with Crippen LogP contribution in [0.1, 0.15) is 0 Å². The first-order valence-corrected chi connectivity index (χ1v) is 4.66. The Morgan fingerprint density at radius 1 is 1.78 bits per heavy atom. The van der Waals surface area contributed by atoms with Gasteiger partial charge in [-0.25, -0.2) is 0 Å². The van der Waals surface area contributed by atoms with Crippen LogP contribution in [0.5, 0.6) is 0 Å². The third-order valence-electron chi connectivity index (χ3n) is 0.852. The molecule has 0 aliphatic rings. The van der Waals surface area contributed by atoms with E-state index in [1.807, 2.05) is 0 Å². The van der Waals surface area contributed by atoms with Gasteiger partial charge < -0.3 is 4.12 Å². The average Bonchev–Trinajstić information content (AvgIpc) is 1.87. The Bertz CT molecular complexity index is 142. The van der Waals surface area contributed by atoms with Gasteiger partial charge in [-0.1, -0.05) is 13.2 Å². The number of hydrogen-bond donors (Lipinski definition) is 0. The van der Waals surface area contributed by atoms with Crippen LogP contribution in [0.15, 0.2) is 24.4 Å². The number of carbonyl (C=O) groups excluding carboxylic acids is 1. The lowest BCUT2D eigenvalue weighted by Gasteiger charge is -1.95. The van der Waals surface area contributed by atoms with Crippen LogP contribution < -0.4 is 0 Å². The maximum Gasteiger partial charge on any atom is 0.181 e. The van der Waals surface area contributed by atoms with E-state index in [2.05, 4.69) is 13.2 Å². The molecule has 0 unspecified atom stereocenters. The second-order valence-electron chi connectivity index (χ2n) is 1.60. The Labute approximate surface area is 60.1 Å². The monoisotopic (exact) mass is 158 g/mol. The fraction of sp³-hybridized carbons (Fsp3) is 0. The Balaban J connectivity index is 3.73. The number of allylic oxidation sites excluding steroid dienone is 2. The highest BCUT2D eigenvalue weighted by molar-refractivity contribution is 6.52. The van der Waals surface area contributed by atoms with Crippen molar-refractivity contribution in [2.75, 3.05) is 0 Å². The normalized spacial score (nSPS) is 10.2. The zero-order valence-corrected chi connectivity index (χ0v) is 8.93. The van der Waals surface area contributed by atoms with Gasteiger partial charge in [0.1, 0.15) is 10.5 Å². The summed E-state index contributed by atoms with van der Waals surface area (Å²) in [5.74, 6) is -0.0717. The molecule has 0 fully saturated rings. The minimum Gasteiger partial charge on any atom is -0.465 e. The smallest absolute Gasteiger partial charge is 0.181 e. The largest absolute Gasteiger partial charge is 0.465 e. The Hall–Kier alpha value is -0.456. The Morgan fingerprint density at radius 3 is 2.67 bits per heavy atom. The summed E-state index contributed by atoms with van der Waals surface area (Å²) in [5.41, 5.74) is 0. The molecule has 0 aliphatic heterocycles. The third-order valence-corrected chi connectivity index (χ3v) is 2.70. The van der Waals surface area contributed by atoms with Crippen LogP contribution in [-0.2, 0) is 8.91 Å². The Morgan fingerprint density at radius 2 is 2.33 bits per heavy atom. The highest BCUT2D eigenvalue weighted by atomic mass is 28.3. The molecular weight excluding hydrogens is 148 g/mol. The maximum atomic E-state index is 10.7. The molecule has 0 aliphatic carbocycles. The van der Waals surface area contributed by atoms with Gasteiger partial charge in [-0.3, -0.25) is 4.79 Å². The molecule has 0 amide bonds. The minimum atomic E-state index is -0.766. The first-order chi connectivity index (χ1) is 4.22. The lowest BCUT2D eigenvalue weighted by Crippen LogP contribution is -2.07. The van der Waals surface area contributed by atoms with E-state index in [4.69, 9.17) is 4.12 Å². The van der Waals surface area contributed by atoms with Crippen LogP contribution in [0.4, 0.5) is 0 Å². The van der Waals surface area contributed by atoms with E-state index in [1.54, 1.807) is 0 Å². The van der Waals surface area contributed by atoms with Crippen LogP contribution in [0.3, 0.4) is 0 Å². The van der Waals surface area contributed by atoms with E-state index >= 15 is 0 Å². The van der Waals surface area contributed by atoms with Crippen LogP contribution in [-0.4, -0.2) is 26.0 Å². The zero-order valence-electron chi connectivity index (χ0n) is 5.52. The van der Waals surface area contributed by atoms with Crippen molar-refractivity contribution in [1.82, 2.24) is 0 Å². The summed E-state index contributed by atoms with van der Waals surface area (Å²) in [6.45, 7) is 6.88. The molecule has 0 N–H and O–H groups in total. The molecule has 0 aromatic rings. The third kappa shape index (κ3) is 3.18. The Kier molecular flexibility index (Phi) is 4.20. The van der Waals surface area contributed by atoms with E-state index in [0.717, 1.165) is 0 Å². The SMILES string of the molecule is C=CC(=O)C(=C)[SiH2]O[SiH3]. The fourth-order valence-electron chi connectivity index (χ4n) is 0.390. The summed E-state index contributed by atoms with van der Waals surface area (Å²) < 4.78 is 4.94. The van der Waals surface area contributed by atoms with Crippen LogP contribution in [0.2, 0.25) is 0 Å². The summed E-state index contributed by atoms with van der Waals surface area (Å²) in [5, 5.41) is 0.611. The van der Waals surface area contributed by atoms with Crippen molar-refractivity contribution in [3.8, 4) is 0 Å². The second kappa shape index (κ2) is 4.43. The fourth-order valence-corrected chi connectivity index (χ4v) is 2.07. The lowest BCUT2D eigenvalue weighted by molar-refractivity contribution is -0.110. The van der Waals surface area contributed by atoms with Gasteiger partial charge in [0.15, 0.2) is 15.5 Å². The number of hydrogen-bond acceptors (Lipinski definition) is 2. The predicted molar refractivity (Wildman–Crippen MR) is 43.9 cm³/mol. The molecule has 0 spiro atoms. The molecule has 9 heavy (non-hydrogen) atoms. The van der Waals surface area contributed by atoms with Crippen molar-refractivity contribution >= 4 is 26.0 Å². The molecule has 0 radical (unpaired) electrons. The molecule has 0 atom stereocenters. The molecule has 4 heteroatoms.